The van der Waals surface area contributed by atoms with E-state index in [0.29, 0.717) is 26.1 Å². The van der Waals surface area contributed by atoms with Crippen molar-refractivity contribution >= 4 is 11.9 Å². The highest BCUT2D eigenvalue weighted by molar-refractivity contribution is 5.78. The van der Waals surface area contributed by atoms with Crippen LogP contribution in [-0.2, 0) is 30.4 Å². The lowest BCUT2D eigenvalue weighted by Gasteiger charge is -2.18. The van der Waals surface area contributed by atoms with Gasteiger partial charge in [-0.05, 0) is 32.4 Å². The third-order valence-electron chi connectivity index (χ3n) is 4.01. The van der Waals surface area contributed by atoms with Crippen molar-refractivity contribution in [2.24, 2.45) is 5.92 Å². The Hall–Kier alpha value is -1.92. The summed E-state index contributed by atoms with van der Waals surface area (Å²) in [6.45, 7) is 2.74. The van der Waals surface area contributed by atoms with Gasteiger partial charge in [-0.3, -0.25) is 9.59 Å². The quantitative estimate of drug-likeness (QED) is 0.630. The van der Waals surface area contributed by atoms with E-state index >= 15 is 0 Å². The Morgan fingerprint density at radius 3 is 2.67 bits per heavy atom. The summed E-state index contributed by atoms with van der Waals surface area (Å²) in [6.07, 6.45) is 0.645. The average Bonchev–Trinajstić information content (AvgIpc) is 2.62. The van der Waals surface area contributed by atoms with Crippen molar-refractivity contribution in [1.29, 1.82) is 0 Å². The summed E-state index contributed by atoms with van der Waals surface area (Å²) in [7, 11) is 1.64. The Bertz CT molecular complexity index is 533. The molecule has 1 saturated heterocycles. The second kappa shape index (κ2) is 9.39. The molecule has 2 unspecified atom stereocenters. The van der Waals surface area contributed by atoms with Gasteiger partial charge in [0, 0.05) is 6.61 Å². The lowest BCUT2D eigenvalue weighted by molar-refractivity contribution is -0.152. The number of cyclic esters (lactones) is 2. The fourth-order valence-corrected chi connectivity index (χ4v) is 2.60. The topological polar surface area (TPSA) is 73.9 Å². The van der Waals surface area contributed by atoms with E-state index in [9.17, 15) is 9.59 Å². The second-order valence-corrected chi connectivity index (χ2v) is 5.98. The van der Waals surface area contributed by atoms with Gasteiger partial charge in [-0.25, -0.2) is 0 Å². The van der Waals surface area contributed by atoms with Crippen LogP contribution in [0.25, 0.3) is 0 Å². The Kier molecular flexibility index (Phi) is 7.21. The number of ether oxygens (including phenoxy) is 3. The molecule has 0 aromatic heterocycles. The molecule has 1 aromatic carbocycles. The van der Waals surface area contributed by atoms with Crippen LogP contribution < -0.4 is 5.32 Å². The van der Waals surface area contributed by atoms with Crippen LogP contribution in [-0.4, -0.2) is 44.3 Å². The number of likely N-dealkylation sites (N-methyl/N-ethyl adjacent to an activating group) is 1. The van der Waals surface area contributed by atoms with E-state index in [2.05, 4.69) is 5.32 Å². The first-order valence-corrected chi connectivity index (χ1v) is 8.26. The summed E-state index contributed by atoms with van der Waals surface area (Å²) in [5, 5.41) is 2.80. The molecular weight excluding hydrogens is 310 g/mol. The molecule has 1 aliphatic rings. The maximum absolute atomic E-state index is 12.2. The molecule has 0 spiro atoms. The van der Waals surface area contributed by atoms with Crippen LogP contribution in [0.2, 0.25) is 0 Å². The van der Waals surface area contributed by atoms with Gasteiger partial charge in [-0.15, -0.1) is 0 Å². The number of carbonyl (C=O) groups excluding carboxylic acids is 2. The zero-order chi connectivity index (χ0) is 17.4. The van der Waals surface area contributed by atoms with Crippen LogP contribution in [0, 0.1) is 5.92 Å². The molecule has 3 atom stereocenters. The molecule has 0 aliphatic carbocycles. The summed E-state index contributed by atoms with van der Waals surface area (Å²) < 4.78 is 16.3. The van der Waals surface area contributed by atoms with Gasteiger partial charge < -0.3 is 19.5 Å². The number of nitrogens with one attached hydrogen (secondary N) is 1. The van der Waals surface area contributed by atoms with E-state index in [-0.39, 0.29) is 24.6 Å². The summed E-state index contributed by atoms with van der Waals surface area (Å²) in [5.74, 6) is -1.03. The normalized spacial score (nSPS) is 25.2. The van der Waals surface area contributed by atoms with E-state index in [0.717, 1.165) is 5.56 Å². The summed E-state index contributed by atoms with van der Waals surface area (Å²) in [4.78, 5) is 24.1. The first-order valence-electron chi connectivity index (χ1n) is 8.26. The number of hydrogen-bond acceptors (Lipinski definition) is 6. The highest BCUT2D eigenvalue weighted by Gasteiger charge is 2.30. The molecule has 1 fully saturated rings. The van der Waals surface area contributed by atoms with Gasteiger partial charge in [0.05, 0.1) is 18.6 Å². The molecule has 0 amide bonds. The number of carbonyl (C=O) groups is 2. The van der Waals surface area contributed by atoms with Gasteiger partial charge in [-0.1, -0.05) is 30.3 Å². The predicted molar refractivity (Wildman–Crippen MR) is 88.2 cm³/mol. The van der Waals surface area contributed by atoms with Crippen molar-refractivity contribution < 1.29 is 23.8 Å². The molecule has 6 nitrogen and oxygen atoms in total. The summed E-state index contributed by atoms with van der Waals surface area (Å²) in [5.41, 5.74) is 1.09. The predicted octanol–water partition coefficient (Wildman–Crippen LogP) is 1.68. The maximum Gasteiger partial charge on any atom is 0.326 e. The van der Waals surface area contributed by atoms with Crippen LogP contribution in [0.4, 0.5) is 0 Å². The maximum atomic E-state index is 12.2. The highest BCUT2D eigenvalue weighted by atomic mass is 16.6. The minimum atomic E-state index is -0.621. The fraction of sp³-hybridized carbons (Fsp3) is 0.556. The summed E-state index contributed by atoms with van der Waals surface area (Å²) in [6, 6.07) is 9.24. The highest BCUT2D eigenvalue weighted by Crippen LogP contribution is 2.18. The zero-order valence-electron chi connectivity index (χ0n) is 14.2. The molecule has 1 aromatic rings. The number of esters is 2. The van der Waals surface area contributed by atoms with Crippen molar-refractivity contribution in [2.75, 3.05) is 20.3 Å². The van der Waals surface area contributed by atoms with E-state index in [1.807, 2.05) is 30.3 Å². The fourth-order valence-electron chi connectivity index (χ4n) is 2.60. The van der Waals surface area contributed by atoms with Crippen LogP contribution in [0.3, 0.4) is 0 Å². The van der Waals surface area contributed by atoms with Gasteiger partial charge >= 0.3 is 11.9 Å². The van der Waals surface area contributed by atoms with Crippen molar-refractivity contribution in [2.45, 2.75) is 38.5 Å². The van der Waals surface area contributed by atoms with Crippen LogP contribution in [0.15, 0.2) is 30.3 Å². The van der Waals surface area contributed by atoms with Crippen molar-refractivity contribution in [3.05, 3.63) is 35.9 Å². The van der Waals surface area contributed by atoms with Gasteiger partial charge in [-0.2, -0.15) is 0 Å². The number of benzene rings is 1. The number of hydrogen-bond donors (Lipinski definition) is 1. The van der Waals surface area contributed by atoms with E-state index in [4.69, 9.17) is 14.2 Å². The van der Waals surface area contributed by atoms with E-state index in [1.165, 1.54) is 0 Å². The van der Waals surface area contributed by atoms with E-state index in [1.54, 1.807) is 14.0 Å². The van der Waals surface area contributed by atoms with Crippen LogP contribution in [0.1, 0.15) is 25.3 Å². The van der Waals surface area contributed by atoms with Gasteiger partial charge in [0.15, 0.2) is 0 Å². The largest absolute Gasteiger partial charge is 0.463 e. The monoisotopic (exact) mass is 335 g/mol. The van der Waals surface area contributed by atoms with Crippen LogP contribution in [0.5, 0.6) is 0 Å². The minimum absolute atomic E-state index is 0.0116. The van der Waals surface area contributed by atoms with Gasteiger partial charge in [0.1, 0.15) is 12.6 Å². The SMILES string of the molecule is CN[C@H]1COC(=O)C(CCOCc2ccccc2)CC(C)OC1=O. The molecule has 0 saturated carbocycles. The Labute approximate surface area is 142 Å². The molecule has 24 heavy (non-hydrogen) atoms. The average molecular weight is 335 g/mol. The Balaban J connectivity index is 1.84. The molecule has 1 aliphatic heterocycles. The molecule has 2 rings (SSSR count). The molecular formula is C18H25NO5. The Morgan fingerprint density at radius 2 is 1.96 bits per heavy atom. The standard InChI is InChI=1S/C18H25NO5/c1-13-10-15(8-9-22-11-14-6-4-3-5-7-14)17(20)23-12-16(19-2)18(21)24-13/h3-7,13,15-16,19H,8-12H2,1-2H3/t13?,15?,16-/m0/s1. The smallest absolute Gasteiger partial charge is 0.326 e. The molecule has 1 N–H and O–H groups in total. The lowest BCUT2D eigenvalue weighted by Crippen LogP contribution is -2.40. The van der Waals surface area contributed by atoms with Crippen molar-refractivity contribution in [3.8, 4) is 0 Å². The molecule has 1 heterocycles. The molecule has 132 valence electrons. The van der Waals surface area contributed by atoms with E-state index < -0.39 is 12.0 Å². The molecule has 6 heteroatoms. The third kappa shape index (κ3) is 5.62. The number of rotatable bonds is 6. The zero-order valence-corrected chi connectivity index (χ0v) is 14.2. The minimum Gasteiger partial charge on any atom is -0.463 e. The molecule has 0 bridgehead atoms. The molecule has 0 radical (unpaired) electrons. The van der Waals surface area contributed by atoms with Gasteiger partial charge in [0.2, 0.25) is 0 Å². The third-order valence-corrected chi connectivity index (χ3v) is 4.01. The van der Waals surface area contributed by atoms with Gasteiger partial charge in [0.25, 0.3) is 0 Å². The summed E-state index contributed by atoms with van der Waals surface area (Å²) >= 11 is 0. The van der Waals surface area contributed by atoms with Crippen molar-refractivity contribution in [1.82, 2.24) is 5.32 Å². The Morgan fingerprint density at radius 1 is 1.21 bits per heavy atom. The first-order chi connectivity index (χ1) is 11.6. The first kappa shape index (κ1) is 18.4. The van der Waals surface area contributed by atoms with Crippen molar-refractivity contribution in [3.63, 3.8) is 0 Å². The lowest BCUT2D eigenvalue weighted by atomic mass is 9.99. The van der Waals surface area contributed by atoms with Crippen LogP contribution >= 0.6 is 0 Å². The second-order valence-electron chi connectivity index (χ2n) is 5.98.